The maximum absolute atomic E-state index is 11.5. The number of aromatic nitrogens is 2. The van der Waals surface area contributed by atoms with Crippen LogP contribution in [0.25, 0.3) is 0 Å². The van der Waals surface area contributed by atoms with Gasteiger partial charge < -0.3 is 9.16 Å². The minimum atomic E-state index is -1.96. The molecule has 1 N–H and O–H groups in total. The molecule has 0 bridgehead atoms. The topological polar surface area (TPSA) is 56.2 Å². The highest BCUT2D eigenvalue weighted by Gasteiger charge is 2.48. The lowest BCUT2D eigenvalue weighted by Gasteiger charge is -2.40. The number of hydrogen-bond acceptors (Lipinski definition) is 4. The zero-order chi connectivity index (χ0) is 18.3. The number of aromatic amines is 1. The quantitative estimate of drug-likeness (QED) is 0.636. The molecular weight excluding hydrogens is 340 g/mol. The van der Waals surface area contributed by atoms with Crippen LogP contribution in [0.5, 0.6) is 0 Å². The molecule has 1 fully saturated rings. The van der Waals surface area contributed by atoms with Crippen molar-refractivity contribution in [1.82, 2.24) is 9.55 Å². The van der Waals surface area contributed by atoms with Crippen LogP contribution in [0.15, 0.2) is 17.1 Å². The first kappa shape index (κ1) is 19.6. The van der Waals surface area contributed by atoms with Crippen LogP contribution >= 0.6 is 12.2 Å². The van der Waals surface area contributed by atoms with Crippen LogP contribution in [-0.4, -0.2) is 30.1 Å². The van der Waals surface area contributed by atoms with E-state index in [0.717, 1.165) is 6.42 Å². The van der Waals surface area contributed by atoms with E-state index in [4.69, 9.17) is 21.4 Å². The lowest BCUT2D eigenvalue weighted by atomic mass is 9.99. The second kappa shape index (κ2) is 6.86. The minimum absolute atomic E-state index is 0.0755. The van der Waals surface area contributed by atoms with E-state index in [0.29, 0.717) is 4.77 Å². The molecule has 24 heavy (non-hydrogen) atoms. The minimum Gasteiger partial charge on any atom is -0.409 e. The molecule has 7 heteroatoms. The highest BCUT2D eigenvalue weighted by atomic mass is 32.1. The van der Waals surface area contributed by atoms with E-state index in [1.165, 1.54) is 6.07 Å². The van der Waals surface area contributed by atoms with Crippen molar-refractivity contribution in [2.45, 2.75) is 77.6 Å². The Morgan fingerprint density at radius 1 is 1.42 bits per heavy atom. The van der Waals surface area contributed by atoms with E-state index < -0.39 is 8.32 Å². The van der Waals surface area contributed by atoms with Crippen LogP contribution in [0.3, 0.4) is 0 Å². The number of H-pyrrole nitrogens is 1. The van der Waals surface area contributed by atoms with Gasteiger partial charge in [-0.2, -0.15) is 0 Å². The second-order valence-corrected chi connectivity index (χ2v) is 13.3. The zero-order valence-corrected chi connectivity index (χ0v) is 17.6. The van der Waals surface area contributed by atoms with Gasteiger partial charge in [0.2, 0.25) is 0 Å². The maximum Gasteiger partial charge on any atom is 0.251 e. The highest BCUT2D eigenvalue weighted by Crippen LogP contribution is 2.44. The Kier molecular flexibility index (Phi) is 5.59. The van der Waals surface area contributed by atoms with Crippen LogP contribution in [0.1, 0.15) is 47.3 Å². The fourth-order valence-corrected chi connectivity index (χ4v) is 4.48. The summed E-state index contributed by atoms with van der Waals surface area (Å²) in [5.41, 5.74) is -0.198. The Balaban J connectivity index is 2.41. The summed E-state index contributed by atoms with van der Waals surface area (Å²) in [5, 5.41) is 0.119. The van der Waals surface area contributed by atoms with Crippen molar-refractivity contribution in [3.05, 3.63) is 27.4 Å². The van der Waals surface area contributed by atoms with E-state index in [1.807, 2.05) is 4.57 Å². The van der Waals surface area contributed by atoms with Gasteiger partial charge >= 0.3 is 0 Å². The van der Waals surface area contributed by atoms with Crippen LogP contribution < -0.4 is 5.56 Å². The number of ether oxygens (including phenoxy) is 1. The van der Waals surface area contributed by atoms with Crippen molar-refractivity contribution < 1.29 is 9.16 Å². The largest absolute Gasteiger partial charge is 0.409 e. The summed E-state index contributed by atoms with van der Waals surface area (Å²) in [4.78, 5) is 14.2. The molecule has 1 aromatic heterocycles. The first-order chi connectivity index (χ1) is 11.0. The van der Waals surface area contributed by atoms with Gasteiger partial charge in [0.25, 0.3) is 5.56 Å². The van der Waals surface area contributed by atoms with Crippen LogP contribution in [0, 0.1) is 10.7 Å². The second-order valence-electron chi connectivity index (χ2n) is 8.19. The van der Waals surface area contributed by atoms with Crippen molar-refractivity contribution >= 4 is 20.5 Å². The fourth-order valence-electron chi connectivity index (χ4n) is 2.85. The van der Waals surface area contributed by atoms with Gasteiger partial charge in [-0.05, 0) is 36.8 Å². The molecule has 0 spiro atoms. The smallest absolute Gasteiger partial charge is 0.251 e. The summed E-state index contributed by atoms with van der Waals surface area (Å²) in [6.07, 6.45) is 2.38. The first-order valence-electron chi connectivity index (χ1n) is 8.62. The average Bonchev–Trinajstić information content (AvgIpc) is 2.74. The van der Waals surface area contributed by atoms with Gasteiger partial charge in [-0.1, -0.05) is 34.6 Å². The lowest BCUT2D eigenvalue weighted by Crippen LogP contribution is -2.46. The molecule has 1 aromatic rings. The Labute approximate surface area is 150 Å². The predicted molar refractivity (Wildman–Crippen MR) is 101 cm³/mol. The molecule has 136 valence electrons. The molecule has 0 aromatic carbocycles. The summed E-state index contributed by atoms with van der Waals surface area (Å²) in [5.74, 6) is 0.267. The van der Waals surface area contributed by atoms with Gasteiger partial charge in [0.1, 0.15) is 0 Å². The van der Waals surface area contributed by atoms with E-state index >= 15 is 0 Å². The molecule has 1 saturated heterocycles. The van der Waals surface area contributed by atoms with Gasteiger partial charge in [-0.15, -0.1) is 0 Å². The summed E-state index contributed by atoms with van der Waals surface area (Å²) in [7, 11) is -1.96. The third-order valence-corrected chi connectivity index (χ3v) is 10.3. The third kappa shape index (κ3) is 3.74. The van der Waals surface area contributed by atoms with E-state index in [9.17, 15) is 4.79 Å². The van der Waals surface area contributed by atoms with E-state index in [-0.39, 0.29) is 35.0 Å². The highest BCUT2D eigenvalue weighted by molar-refractivity contribution is 7.71. The predicted octanol–water partition coefficient (Wildman–Crippen LogP) is 4.24. The lowest BCUT2D eigenvalue weighted by molar-refractivity contribution is -0.0359. The van der Waals surface area contributed by atoms with Crippen molar-refractivity contribution in [3.8, 4) is 0 Å². The average molecular weight is 371 g/mol. The molecule has 2 heterocycles. The van der Waals surface area contributed by atoms with Crippen molar-refractivity contribution in [2.75, 3.05) is 0 Å². The Morgan fingerprint density at radius 3 is 2.54 bits per heavy atom. The van der Waals surface area contributed by atoms with Gasteiger partial charge in [0.15, 0.2) is 19.3 Å². The fraction of sp³-hybridized carbons (Fsp3) is 0.765. The molecule has 0 saturated carbocycles. The number of hydrogen-bond donors (Lipinski definition) is 1. The molecule has 4 atom stereocenters. The van der Waals surface area contributed by atoms with E-state index in [2.05, 4.69) is 52.7 Å². The Hall–Kier alpha value is -0.763. The molecule has 0 aliphatic carbocycles. The molecule has 1 aliphatic rings. The van der Waals surface area contributed by atoms with Crippen LogP contribution in [0.2, 0.25) is 18.1 Å². The Morgan fingerprint density at radius 2 is 2.04 bits per heavy atom. The summed E-state index contributed by atoms with van der Waals surface area (Å²) in [6.45, 7) is 15.5. The molecule has 1 aliphatic heterocycles. The molecule has 0 radical (unpaired) electrons. The SMILES string of the molecule is CC[C@H]1O[C@@H](n2ccc(=O)[nH]c2=S)[C@@H](O[Si](C)(C)C(C)(C)C)C1C. The van der Waals surface area contributed by atoms with Crippen LogP contribution in [0.4, 0.5) is 0 Å². The van der Waals surface area contributed by atoms with Gasteiger partial charge in [-0.3, -0.25) is 14.3 Å². The van der Waals surface area contributed by atoms with Gasteiger partial charge in [0.05, 0.1) is 12.2 Å². The van der Waals surface area contributed by atoms with Gasteiger partial charge in [-0.25, -0.2) is 0 Å². The zero-order valence-electron chi connectivity index (χ0n) is 15.8. The van der Waals surface area contributed by atoms with E-state index in [1.54, 1.807) is 6.20 Å². The third-order valence-electron chi connectivity index (χ3n) is 5.46. The molecule has 1 unspecified atom stereocenters. The number of nitrogens with zero attached hydrogens (tertiary/aromatic N) is 1. The molecular formula is C17H30N2O3SSi. The molecule has 0 amide bonds. The Bertz CT molecular complexity index is 692. The van der Waals surface area contributed by atoms with Crippen molar-refractivity contribution in [2.24, 2.45) is 5.92 Å². The van der Waals surface area contributed by atoms with Gasteiger partial charge in [0, 0.05) is 18.2 Å². The normalized spacial score (nSPS) is 28.3. The number of rotatable bonds is 4. The number of nitrogens with one attached hydrogen (secondary N) is 1. The first-order valence-corrected chi connectivity index (χ1v) is 11.9. The molecule has 2 rings (SSSR count). The maximum atomic E-state index is 11.5. The summed E-state index contributed by atoms with van der Waals surface area (Å²) >= 11 is 5.34. The summed E-state index contributed by atoms with van der Waals surface area (Å²) < 4.78 is 15.2. The van der Waals surface area contributed by atoms with Crippen molar-refractivity contribution in [3.63, 3.8) is 0 Å². The summed E-state index contributed by atoms with van der Waals surface area (Å²) in [6, 6.07) is 1.48. The monoisotopic (exact) mass is 370 g/mol. The standard InChI is InChI=1S/C17H30N2O3SSi/c1-8-12-11(2)14(22-24(6,7)17(3,4)5)15(21-12)19-10-9-13(20)18-16(19)23/h9-12,14-15H,8H2,1-7H3,(H,18,20,23)/t11?,12-,14+,15-/m1/s1. The van der Waals surface area contributed by atoms with Crippen molar-refractivity contribution in [1.29, 1.82) is 0 Å². The van der Waals surface area contributed by atoms with Crippen LogP contribution in [-0.2, 0) is 9.16 Å². The molecule has 5 nitrogen and oxygen atoms in total.